The molecular weight excluding hydrogens is 395 g/mol. The average Bonchev–Trinajstić information content (AvgIpc) is 3.00. The summed E-state index contributed by atoms with van der Waals surface area (Å²) < 4.78 is 43.5. The number of halogens is 1. The van der Waals surface area contributed by atoms with Crippen molar-refractivity contribution >= 4 is 21.4 Å². The van der Waals surface area contributed by atoms with Crippen molar-refractivity contribution in [1.29, 1.82) is 0 Å². The van der Waals surface area contributed by atoms with Crippen LogP contribution in [0.4, 0.5) is 10.1 Å². The molecule has 2 aromatic rings. The maximum Gasteiger partial charge on any atom is 0.282 e. The monoisotopic (exact) mass is 419 g/mol. The van der Waals surface area contributed by atoms with Crippen molar-refractivity contribution in [3.63, 3.8) is 0 Å². The lowest BCUT2D eigenvalue weighted by Crippen LogP contribution is -3.19. The van der Waals surface area contributed by atoms with Gasteiger partial charge >= 0.3 is 0 Å². The van der Waals surface area contributed by atoms with Gasteiger partial charge < -0.3 is 9.64 Å². The van der Waals surface area contributed by atoms with Gasteiger partial charge in [-0.2, -0.15) is 0 Å². The Labute approximate surface area is 169 Å². The van der Waals surface area contributed by atoms with Crippen molar-refractivity contribution in [2.24, 2.45) is 0 Å². The Morgan fingerprint density at radius 1 is 1.10 bits per heavy atom. The highest BCUT2D eigenvalue weighted by atomic mass is 32.2. The molecule has 8 heteroatoms. The average molecular weight is 419 g/mol. The minimum atomic E-state index is -3.24. The summed E-state index contributed by atoms with van der Waals surface area (Å²) in [6.45, 7) is 3.13. The summed E-state index contributed by atoms with van der Waals surface area (Å²) in [6.07, 6.45) is 0. The van der Waals surface area contributed by atoms with Crippen LogP contribution in [-0.2, 0) is 21.2 Å². The van der Waals surface area contributed by atoms with E-state index in [0.29, 0.717) is 24.6 Å². The van der Waals surface area contributed by atoms with Crippen molar-refractivity contribution in [1.82, 2.24) is 0 Å². The maximum absolute atomic E-state index is 13.2. The Hall–Kier alpha value is -2.45. The second-order valence-corrected chi connectivity index (χ2v) is 9.73. The van der Waals surface area contributed by atoms with E-state index < -0.39 is 15.9 Å². The molecule has 2 saturated heterocycles. The standard InChI is InChI=1S/C21H23FN2O4S/c1-2-28-18-9-7-17(8-10-18)24-20-14-29(26,27)13-19(20)23(12-21(24)25)11-15-3-5-16(22)6-4-15/h3-10,19-20H,2,11-14H2,1H3/p+1/t19-,20+/m1/s1. The normalized spacial score (nSPS) is 25.7. The summed E-state index contributed by atoms with van der Waals surface area (Å²) in [7, 11) is -3.24. The van der Waals surface area contributed by atoms with E-state index in [-0.39, 0.29) is 35.8 Å². The molecule has 154 valence electrons. The van der Waals surface area contributed by atoms with Gasteiger partial charge in [-0.15, -0.1) is 0 Å². The molecule has 3 atom stereocenters. The summed E-state index contributed by atoms with van der Waals surface area (Å²) in [5.74, 6) is 0.296. The number of nitrogens with one attached hydrogen (secondary N) is 1. The van der Waals surface area contributed by atoms with E-state index in [4.69, 9.17) is 4.74 Å². The van der Waals surface area contributed by atoms with Gasteiger partial charge in [0.05, 0.1) is 12.4 Å². The molecule has 1 N–H and O–H groups in total. The van der Waals surface area contributed by atoms with E-state index in [1.54, 1.807) is 41.3 Å². The van der Waals surface area contributed by atoms with E-state index in [9.17, 15) is 17.6 Å². The number of hydrogen-bond donors (Lipinski definition) is 1. The molecule has 0 bridgehead atoms. The van der Waals surface area contributed by atoms with Gasteiger partial charge in [-0.05, 0) is 43.3 Å². The van der Waals surface area contributed by atoms with Gasteiger partial charge in [0.15, 0.2) is 16.4 Å². The van der Waals surface area contributed by atoms with E-state index >= 15 is 0 Å². The first kappa shape index (κ1) is 19.8. The predicted molar refractivity (Wildman–Crippen MR) is 107 cm³/mol. The lowest BCUT2D eigenvalue weighted by atomic mass is 10.0. The third kappa shape index (κ3) is 4.13. The van der Waals surface area contributed by atoms with Crippen LogP contribution in [0.2, 0.25) is 0 Å². The number of ether oxygens (including phenoxy) is 1. The number of carbonyl (C=O) groups excluding carboxylic acids is 1. The highest BCUT2D eigenvalue weighted by molar-refractivity contribution is 7.91. The van der Waals surface area contributed by atoms with Gasteiger partial charge in [0.1, 0.15) is 35.9 Å². The zero-order valence-electron chi connectivity index (χ0n) is 16.2. The van der Waals surface area contributed by atoms with Gasteiger partial charge in [0.2, 0.25) is 0 Å². The predicted octanol–water partition coefficient (Wildman–Crippen LogP) is 0.822. The Bertz CT molecular complexity index is 992. The van der Waals surface area contributed by atoms with Crippen LogP contribution in [0.1, 0.15) is 12.5 Å². The molecule has 1 unspecified atom stereocenters. The molecule has 4 rings (SSSR count). The fourth-order valence-electron chi connectivity index (χ4n) is 4.33. The topological polar surface area (TPSA) is 68.1 Å². The molecule has 0 radical (unpaired) electrons. The first-order chi connectivity index (χ1) is 13.9. The van der Waals surface area contributed by atoms with Crippen LogP contribution in [0.3, 0.4) is 0 Å². The number of anilines is 1. The van der Waals surface area contributed by atoms with Gasteiger partial charge in [0.25, 0.3) is 5.91 Å². The molecule has 2 aliphatic heterocycles. The zero-order chi connectivity index (χ0) is 20.6. The van der Waals surface area contributed by atoms with Crippen LogP contribution in [0.15, 0.2) is 48.5 Å². The highest BCUT2D eigenvalue weighted by Crippen LogP contribution is 2.28. The van der Waals surface area contributed by atoms with Crippen molar-refractivity contribution in [2.45, 2.75) is 25.6 Å². The largest absolute Gasteiger partial charge is 0.494 e. The number of benzene rings is 2. The fourth-order valence-corrected chi connectivity index (χ4v) is 6.37. The zero-order valence-corrected chi connectivity index (χ0v) is 17.0. The first-order valence-electron chi connectivity index (χ1n) is 9.70. The lowest BCUT2D eigenvalue weighted by molar-refractivity contribution is -0.931. The Kier molecular flexibility index (Phi) is 5.31. The molecule has 29 heavy (non-hydrogen) atoms. The van der Waals surface area contributed by atoms with Crippen molar-refractivity contribution in [2.75, 3.05) is 29.6 Å². The molecular formula is C21H24FN2O4S+. The number of quaternary nitrogens is 1. The minimum Gasteiger partial charge on any atom is -0.494 e. The second kappa shape index (κ2) is 7.76. The molecule has 2 aliphatic rings. The quantitative estimate of drug-likeness (QED) is 0.779. The van der Waals surface area contributed by atoms with Crippen LogP contribution in [0.5, 0.6) is 5.75 Å². The molecule has 2 heterocycles. The Morgan fingerprint density at radius 2 is 1.79 bits per heavy atom. The summed E-state index contributed by atoms with van der Waals surface area (Å²) >= 11 is 0. The van der Waals surface area contributed by atoms with Gasteiger partial charge in [-0.3, -0.25) is 9.69 Å². The molecule has 2 aromatic carbocycles. The molecule has 0 saturated carbocycles. The summed E-state index contributed by atoms with van der Waals surface area (Å²) in [5, 5.41) is 0. The van der Waals surface area contributed by atoms with Crippen LogP contribution in [0.25, 0.3) is 0 Å². The minimum absolute atomic E-state index is 0.0382. The summed E-state index contributed by atoms with van der Waals surface area (Å²) in [5.41, 5.74) is 1.57. The molecule has 0 aliphatic carbocycles. The second-order valence-electron chi connectivity index (χ2n) is 7.58. The van der Waals surface area contributed by atoms with Crippen molar-refractivity contribution < 1.29 is 27.2 Å². The molecule has 0 spiro atoms. The molecule has 2 fully saturated rings. The first-order valence-corrected chi connectivity index (χ1v) is 11.5. The lowest BCUT2D eigenvalue weighted by Gasteiger charge is -2.40. The fraction of sp³-hybridized carbons (Fsp3) is 0.381. The summed E-state index contributed by atoms with van der Waals surface area (Å²) in [6, 6.07) is 12.7. The van der Waals surface area contributed by atoms with Gasteiger partial charge in [0, 0.05) is 11.3 Å². The van der Waals surface area contributed by atoms with Crippen LogP contribution in [-0.4, -0.2) is 51.1 Å². The van der Waals surface area contributed by atoms with E-state index in [0.717, 1.165) is 10.5 Å². The number of carbonyl (C=O) groups is 1. The van der Waals surface area contributed by atoms with Crippen LogP contribution < -0.4 is 14.5 Å². The van der Waals surface area contributed by atoms with Crippen LogP contribution >= 0.6 is 0 Å². The third-order valence-electron chi connectivity index (χ3n) is 5.60. The number of fused-ring (bicyclic) bond motifs is 1. The van der Waals surface area contributed by atoms with Crippen molar-refractivity contribution in [3.8, 4) is 5.75 Å². The highest BCUT2D eigenvalue weighted by Gasteiger charge is 2.52. The Balaban J connectivity index is 1.61. The molecule has 1 amide bonds. The molecule has 0 aromatic heterocycles. The van der Waals surface area contributed by atoms with E-state index in [2.05, 4.69) is 0 Å². The smallest absolute Gasteiger partial charge is 0.282 e. The van der Waals surface area contributed by atoms with Crippen molar-refractivity contribution in [3.05, 3.63) is 59.9 Å². The number of hydrogen-bond acceptors (Lipinski definition) is 4. The third-order valence-corrected chi connectivity index (χ3v) is 7.31. The summed E-state index contributed by atoms with van der Waals surface area (Å²) in [4.78, 5) is 15.6. The molecule has 6 nitrogen and oxygen atoms in total. The van der Waals surface area contributed by atoms with Gasteiger partial charge in [-0.25, -0.2) is 12.8 Å². The number of amides is 1. The van der Waals surface area contributed by atoms with E-state index in [1.807, 2.05) is 6.92 Å². The Morgan fingerprint density at radius 3 is 2.45 bits per heavy atom. The van der Waals surface area contributed by atoms with Crippen LogP contribution in [0, 0.1) is 5.82 Å². The van der Waals surface area contributed by atoms with E-state index in [1.165, 1.54) is 12.1 Å². The number of sulfone groups is 1. The van der Waals surface area contributed by atoms with Gasteiger partial charge in [-0.1, -0.05) is 12.1 Å². The SMILES string of the molecule is CCOc1ccc(N2C(=O)C[NH+](Cc3ccc(F)cc3)[C@@H]3CS(=O)(=O)C[C@@H]32)cc1. The maximum atomic E-state index is 13.2. The number of piperazine rings is 1. The number of rotatable bonds is 5. The number of nitrogens with zero attached hydrogens (tertiary/aromatic N) is 1.